The van der Waals surface area contributed by atoms with Gasteiger partial charge in [0.05, 0.1) is 23.0 Å². The molecule has 2 aromatic rings. The number of nitrogens with one attached hydrogen (secondary N) is 2. The summed E-state index contributed by atoms with van der Waals surface area (Å²) in [6, 6.07) is 4.27. The van der Waals surface area contributed by atoms with Gasteiger partial charge in [0.25, 0.3) is 5.56 Å². The molecule has 1 heterocycles. The Morgan fingerprint density at radius 3 is 2.84 bits per heavy atom. The van der Waals surface area contributed by atoms with Gasteiger partial charge in [-0.3, -0.25) is 4.79 Å². The van der Waals surface area contributed by atoms with E-state index in [0.717, 1.165) is 6.54 Å². The fourth-order valence-electron chi connectivity index (χ4n) is 1.65. The second-order valence-electron chi connectivity index (χ2n) is 3.83. The molecule has 0 saturated carbocycles. The molecule has 0 saturated heterocycles. The van der Waals surface area contributed by atoms with Crippen LogP contribution in [0.15, 0.2) is 23.0 Å². The second-order valence-corrected chi connectivity index (χ2v) is 3.83. The van der Waals surface area contributed by atoms with Crippen molar-refractivity contribution in [3.8, 4) is 0 Å². The Kier molecular flexibility index (Phi) is 5.02. The lowest BCUT2D eigenvalue weighted by atomic mass is 10.1. The van der Waals surface area contributed by atoms with E-state index in [4.69, 9.17) is 5.11 Å². The Morgan fingerprint density at radius 1 is 1.47 bits per heavy atom. The number of fused-ring (bicyclic) bond motifs is 1. The number of benzene rings is 1. The van der Waals surface area contributed by atoms with Crippen molar-refractivity contribution < 1.29 is 9.90 Å². The molecule has 0 fully saturated rings. The summed E-state index contributed by atoms with van der Waals surface area (Å²) in [5, 5.41) is 12.3. The highest BCUT2D eigenvalue weighted by Crippen LogP contribution is 2.10. The molecular formula is C12H14ClN3O3. The molecule has 0 bridgehead atoms. The largest absolute Gasteiger partial charge is 0.478 e. The number of carbonyl (C=O) groups is 1. The molecular weight excluding hydrogens is 270 g/mol. The van der Waals surface area contributed by atoms with Gasteiger partial charge in [-0.15, -0.1) is 12.4 Å². The summed E-state index contributed by atoms with van der Waals surface area (Å²) >= 11 is 0. The zero-order valence-electron chi connectivity index (χ0n) is 10.3. The molecule has 102 valence electrons. The van der Waals surface area contributed by atoms with E-state index in [0.29, 0.717) is 23.3 Å². The first-order chi connectivity index (χ1) is 8.61. The van der Waals surface area contributed by atoms with Gasteiger partial charge >= 0.3 is 5.97 Å². The van der Waals surface area contributed by atoms with Crippen molar-refractivity contribution in [1.29, 1.82) is 0 Å². The molecule has 0 spiro atoms. The van der Waals surface area contributed by atoms with Crippen LogP contribution < -0.4 is 10.9 Å². The Morgan fingerprint density at radius 2 is 2.21 bits per heavy atom. The van der Waals surface area contributed by atoms with Crippen LogP contribution in [-0.2, 0) is 6.54 Å². The fraction of sp³-hybridized carbons (Fsp3) is 0.250. The maximum atomic E-state index is 11.8. The number of aromatic nitrogens is 2. The highest BCUT2D eigenvalue weighted by molar-refractivity contribution is 5.92. The predicted molar refractivity (Wildman–Crippen MR) is 74.0 cm³/mol. The second kappa shape index (κ2) is 6.31. The molecule has 1 aromatic heterocycles. The van der Waals surface area contributed by atoms with Crippen LogP contribution in [0.2, 0.25) is 0 Å². The predicted octanol–water partition coefficient (Wildman–Crippen LogP) is 1.15. The molecule has 0 aliphatic rings. The van der Waals surface area contributed by atoms with Crippen LogP contribution in [0.3, 0.4) is 0 Å². The standard InChI is InChI=1S/C12H13N3O3.ClH/c1-2-13-6-10-14-9-5-7(12(17)18)3-4-8(9)11(16)15-10;/h3-5,13H,2,6H2,1H3,(H,17,18)(H,14,15,16);1H. The zero-order chi connectivity index (χ0) is 13.1. The lowest BCUT2D eigenvalue weighted by Crippen LogP contribution is -2.19. The van der Waals surface area contributed by atoms with Crippen molar-refractivity contribution >= 4 is 29.3 Å². The van der Waals surface area contributed by atoms with E-state index < -0.39 is 5.97 Å². The van der Waals surface area contributed by atoms with E-state index in [2.05, 4.69) is 15.3 Å². The van der Waals surface area contributed by atoms with Crippen LogP contribution in [-0.4, -0.2) is 27.6 Å². The average molecular weight is 284 g/mol. The molecule has 1 aromatic carbocycles. The van der Waals surface area contributed by atoms with E-state index in [1.165, 1.54) is 18.2 Å². The third kappa shape index (κ3) is 3.30. The molecule has 0 amide bonds. The summed E-state index contributed by atoms with van der Waals surface area (Å²) in [7, 11) is 0. The molecule has 0 aliphatic heterocycles. The Bertz CT molecular complexity index is 654. The lowest BCUT2D eigenvalue weighted by molar-refractivity contribution is 0.0697. The van der Waals surface area contributed by atoms with E-state index >= 15 is 0 Å². The van der Waals surface area contributed by atoms with Gasteiger partial charge in [0.1, 0.15) is 5.82 Å². The fourth-order valence-corrected chi connectivity index (χ4v) is 1.65. The number of halogens is 1. The number of aromatic carboxylic acids is 1. The van der Waals surface area contributed by atoms with Crippen LogP contribution >= 0.6 is 12.4 Å². The minimum absolute atomic E-state index is 0. The summed E-state index contributed by atoms with van der Waals surface area (Å²) in [6.45, 7) is 3.15. The van der Waals surface area contributed by atoms with Crippen LogP contribution in [0, 0.1) is 0 Å². The van der Waals surface area contributed by atoms with Crippen LogP contribution in [0.4, 0.5) is 0 Å². The summed E-state index contributed by atoms with van der Waals surface area (Å²) in [4.78, 5) is 29.5. The molecule has 0 atom stereocenters. The molecule has 0 radical (unpaired) electrons. The zero-order valence-corrected chi connectivity index (χ0v) is 11.1. The number of hydrogen-bond donors (Lipinski definition) is 3. The number of nitrogens with zero attached hydrogens (tertiary/aromatic N) is 1. The van der Waals surface area contributed by atoms with Crippen molar-refractivity contribution in [3.05, 3.63) is 39.9 Å². The highest BCUT2D eigenvalue weighted by atomic mass is 35.5. The van der Waals surface area contributed by atoms with Crippen LogP contribution in [0.25, 0.3) is 10.9 Å². The van der Waals surface area contributed by atoms with Gasteiger partial charge in [-0.1, -0.05) is 6.92 Å². The maximum absolute atomic E-state index is 11.8. The monoisotopic (exact) mass is 283 g/mol. The first kappa shape index (κ1) is 15.1. The molecule has 19 heavy (non-hydrogen) atoms. The summed E-state index contributed by atoms with van der Waals surface area (Å²) < 4.78 is 0. The van der Waals surface area contributed by atoms with Crippen LogP contribution in [0.5, 0.6) is 0 Å². The summed E-state index contributed by atoms with van der Waals surface area (Å²) in [5.41, 5.74) is 0.256. The smallest absolute Gasteiger partial charge is 0.335 e. The minimum Gasteiger partial charge on any atom is -0.478 e. The number of carboxylic acid groups (broad SMARTS) is 1. The van der Waals surface area contributed by atoms with E-state index in [-0.39, 0.29) is 23.5 Å². The third-order valence-electron chi connectivity index (χ3n) is 2.54. The van der Waals surface area contributed by atoms with Crippen molar-refractivity contribution in [2.24, 2.45) is 0 Å². The normalized spacial score (nSPS) is 10.2. The Labute approximate surface area is 115 Å². The van der Waals surface area contributed by atoms with E-state index in [1.54, 1.807) is 0 Å². The number of carboxylic acids is 1. The van der Waals surface area contributed by atoms with Crippen molar-refractivity contribution in [2.45, 2.75) is 13.5 Å². The number of H-pyrrole nitrogens is 1. The van der Waals surface area contributed by atoms with Gasteiger partial charge in [-0.25, -0.2) is 9.78 Å². The number of aromatic amines is 1. The van der Waals surface area contributed by atoms with Crippen molar-refractivity contribution in [1.82, 2.24) is 15.3 Å². The van der Waals surface area contributed by atoms with Gasteiger partial charge < -0.3 is 15.4 Å². The van der Waals surface area contributed by atoms with Crippen LogP contribution in [0.1, 0.15) is 23.1 Å². The molecule has 2 rings (SSSR count). The van der Waals surface area contributed by atoms with Gasteiger partial charge in [-0.2, -0.15) is 0 Å². The molecule has 3 N–H and O–H groups in total. The summed E-state index contributed by atoms with van der Waals surface area (Å²) in [5.74, 6) is -0.538. The average Bonchev–Trinajstić information content (AvgIpc) is 2.35. The lowest BCUT2D eigenvalue weighted by Gasteiger charge is -2.04. The van der Waals surface area contributed by atoms with Gasteiger partial charge in [0.15, 0.2) is 0 Å². The molecule has 0 aliphatic carbocycles. The van der Waals surface area contributed by atoms with E-state index in [9.17, 15) is 9.59 Å². The third-order valence-corrected chi connectivity index (χ3v) is 2.54. The first-order valence-electron chi connectivity index (χ1n) is 5.58. The van der Waals surface area contributed by atoms with Crippen molar-refractivity contribution in [2.75, 3.05) is 6.54 Å². The van der Waals surface area contributed by atoms with E-state index in [1.807, 2.05) is 6.92 Å². The van der Waals surface area contributed by atoms with Gasteiger partial charge in [-0.05, 0) is 24.7 Å². The summed E-state index contributed by atoms with van der Waals surface area (Å²) in [6.07, 6.45) is 0. The Hall–Kier alpha value is -1.92. The quantitative estimate of drug-likeness (QED) is 0.782. The maximum Gasteiger partial charge on any atom is 0.335 e. The number of hydrogen-bond acceptors (Lipinski definition) is 4. The Balaban J connectivity index is 0.00000180. The topological polar surface area (TPSA) is 95.1 Å². The number of rotatable bonds is 4. The van der Waals surface area contributed by atoms with Crippen molar-refractivity contribution in [3.63, 3.8) is 0 Å². The minimum atomic E-state index is -1.03. The van der Waals surface area contributed by atoms with Gasteiger partial charge in [0.2, 0.25) is 0 Å². The molecule has 6 nitrogen and oxygen atoms in total. The van der Waals surface area contributed by atoms with Gasteiger partial charge in [0, 0.05) is 0 Å². The SMILES string of the molecule is CCNCc1nc2cc(C(=O)O)ccc2c(=O)[nH]1.Cl. The molecule has 7 heteroatoms. The highest BCUT2D eigenvalue weighted by Gasteiger charge is 2.08. The first-order valence-corrected chi connectivity index (χ1v) is 5.58. The molecule has 0 unspecified atom stereocenters.